The summed E-state index contributed by atoms with van der Waals surface area (Å²) >= 11 is 0. The third-order valence-corrected chi connectivity index (χ3v) is 3.79. The zero-order valence-corrected chi connectivity index (χ0v) is 11.0. The molecule has 17 heavy (non-hydrogen) atoms. The summed E-state index contributed by atoms with van der Waals surface area (Å²) in [5, 5.41) is 12.2. The topological polar surface area (TPSA) is 66.4 Å². The Balaban J connectivity index is 2.63. The Bertz CT molecular complexity index is 435. The van der Waals surface area contributed by atoms with Gasteiger partial charge < -0.3 is 10.4 Å². The minimum Gasteiger partial charge on any atom is -0.395 e. The van der Waals surface area contributed by atoms with Gasteiger partial charge in [-0.3, -0.25) is 0 Å². The van der Waals surface area contributed by atoms with Crippen LogP contribution in [-0.4, -0.2) is 32.4 Å². The molecule has 0 aliphatic rings. The van der Waals surface area contributed by atoms with E-state index in [9.17, 15) is 8.42 Å². The molecular weight excluding hydrogens is 238 g/mol. The second-order valence-corrected chi connectivity index (χ2v) is 6.10. The second-order valence-electron chi connectivity index (χ2n) is 4.08. The first-order chi connectivity index (χ1) is 7.97. The molecule has 1 rings (SSSR count). The molecule has 1 atom stereocenters. The van der Waals surface area contributed by atoms with Crippen LogP contribution in [0.5, 0.6) is 0 Å². The van der Waals surface area contributed by atoms with E-state index in [0.717, 1.165) is 12.0 Å². The van der Waals surface area contributed by atoms with Crippen LogP contribution in [0.2, 0.25) is 0 Å². The second kappa shape index (κ2) is 6.14. The summed E-state index contributed by atoms with van der Waals surface area (Å²) < 4.78 is 22.5. The molecule has 1 aromatic rings. The lowest BCUT2D eigenvalue weighted by atomic mass is 10.2. The molecule has 0 fully saturated rings. The van der Waals surface area contributed by atoms with E-state index in [-0.39, 0.29) is 12.6 Å². The molecule has 0 amide bonds. The highest BCUT2D eigenvalue weighted by atomic mass is 32.2. The predicted octanol–water partition coefficient (Wildman–Crippen LogP) is 0.951. The molecule has 2 N–H and O–H groups in total. The summed E-state index contributed by atoms with van der Waals surface area (Å²) in [5.74, 6) is 0. The van der Waals surface area contributed by atoms with Gasteiger partial charge in [0.25, 0.3) is 0 Å². The van der Waals surface area contributed by atoms with Crippen LogP contribution >= 0.6 is 0 Å². The van der Waals surface area contributed by atoms with Crippen LogP contribution in [-0.2, 0) is 16.4 Å². The number of aliphatic hydroxyl groups excluding tert-OH is 1. The fourth-order valence-electron chi connectivity index (χ4n) is 1.45. The highest BCUT2D eigenvalue weighted by Crippen LogP contribution is 2.10. The molecular formula is C12H19NO3S. The molecule has 0 spiro atoms. The van der Waals surface area contributed by atoms with Crippen LogP contribution in [0, 0.1) is 0 Å². The van der Waals surface area contributed by atoms with Gasteiger partial charge in [0, 0.05) is 18.8 Å². The van der Waals surface area contributed by atoms with E-state index in [0.29, 0.717) is 11.4 Å². The Morgan fingerprint density at radius 3 is 2.29 bits per heavy atom. The molecule has 0 aliphatic carbocycles. The van der Waals surface area contributed by atoms with Gasteiger partial charge in [-0.25, -0.2) is 8.42 Å². The Morgan fingerprint density at radius 1 is 1.29 bits per heavy atom. The Morgan fingerprint density at radius 2 is 1.88 bits per heavy atom. The first-order valence-corrected chi connectivity index (χ1v) is 7.49. The Kier molecular flexibility index (Phi) is 5.11. The molecule has 0 saturated heterocycles. The quantitative estimate of drug-likeness (QED) is 0.796. The lowest BCUT2D eigenvalue weighted by molar-refractivity contribution is 0.238. The smallest absolute Gasteiger partial charge is 0.175 e. The number of sulfone groups is 1. The standard InChI is InChI=1S/C12H19NO3S/c1-3-11(9-14)13-8-10-4-6-12(7-5-10)17(2,15)16/h4-7,11,13-14H,3,8-9H2,1-2H3. The van der Waals surface area contributed by atoms with E-state index in [1.54, 1.807) is 24.3 Å². The molecule has 1 aromatic carbocycles. The number of hydrogen-bond acceptors (Lipinski definition) is 4. The average Bonchev–Trinajstić information content (AvgIpc) is 2.30. The number of nitrogens with one attached hydrogen (secondary N) is 1. The van der Waals surface area contributed by atoms with Gasteiger partial charge in [-0.2, -0.15) is 0 Å². The van der Waals surface area contributed by atoms with Crippen molar-refractivity contribution in [3.8, 4) is 0 Å². The molecule has 1 unspecified atom stereocenters. The van der Waals surface area contributed by atoms with Crippen LogP contribution in [0.15, 0.2) is 29.2 Å². The molecule has 0 aliphatic heterocycles. The van der Waals surface area contributed by atoms with E-state index in [2.05, 4.69) is 5.32 Å². The summed E-state index contributed by atoms with van der Waals surface area (Å²) in [7, 11) is -3.12. The van der Waals surface area contributed by atoms with Gasteiger partial charge in [-0.15, -0.1) is 0 Å². The lowest BCUT2D eigenvalue weighted by Crippen LogP contribution is -2.31. The molecule has 0 saturated carbocycles. The van der Waals surface area contributed by atoms with E-state index < -0.39 is 9.84 Å². The SMILES string of the molecule is CCC(CO)NCc1ccc(S(C)(=O)=O)cc1. The number of hydrogen-bond donors (Lipinski definition) is 2. The van der Waals surface area contributed by atoms with Crippen molar-refractivity contribution in [3.05, 3.63) is 29.8 Å². The van der Waals surface area contributed by atoms with E-state index in [1.165, 1.54) is 6.26 Å². The van der Waals surface area contributed by atoms with Crippen molar-refractivity contribution in [1.29, 1.82) is 0 Å². The van der Waals surface area contributed by atoms with Crippen LogP contribution in [0.3, 0.4) is 0 Å². The van der Waals surface area contributed by atoms with Crippen molar-refractivity contribution < 1.29 is 13.5 Å². The first-order valence-electron chi connectivity index (χ1n) is 5.60. The number of aliphatic hydroxyl groups is 1. The fraction of sp³-hybridized carbons (Fsp3) is 0.500. The normalized spacial score (nSPS) is 13.6. The van der Waals surface area contributed by atoms with Gasteiger partial charge in [0.1, 0.15) is 0 Å². The minimum absolute atomic E-state index is 0.0876. The van der Waals surface area contributed by atoms with E-state index >= 15 is 0 Å². The Hall–Kier alpha value is -0.910. The number of rotatable bonds is 6. The van der Waals surface area contributed by atoms with Gasteiger partial charge in [0.05, 0.1) is 11.5 Å². The van der Waals surface area contributed by atoms with E-state index in [4.69, 9.17) is 5.11 Å². The molecule has 0 radical (unpaired) electrons. The van der Waals surface area contributed by atoms with Crippen molar-refractivity contribution >= 4 is 9.84 Å². The summed E-state index contributed by atoms with van der Waals surface area (Å²) in [4.78, 5) is 0.329. The molecule has 0 aromatic heterocycles. The van der Waals surface area contributed by atoms with Gasteiger partial charge in [-0.1, -0.05) is 19.1 Å². The maximum Gasteiger partial charge on any atom is 0.175 e. The summed E-state index contributed by atoms with van der Waals surface area (Å²) in [6.07, 6.45) is 2.05. The predicted molar refractivity (Wildman–Crippen MR) is 67.6 cm³/mol. The fourth-order valence-corrected chi connectivity index (χ4v) is 2.09. The maximum absolute atomic E-state index is 11.3. The van der Waals surface area contributed by atoms with Crippen molar-refractivity contribution in [1.82, 2.24) is 5.32 Å². The number of benzene rings is 1. The van der Waals surface area contributed by atoms with Crippen LogP contribution in [0.1, 0.15) is 18.9 Å². The van der Waals surface area contributed by atoms with Crippen LogP contribution in [0.25, 0.3) is 0 Å². The summed E-state index contributed by atoms with van der Waals surface area (Å²) in [6, 6.07) is 6.86. The molecule has 0 bridgehead atoms. The highest BCUT2D eigenvalue weighted by Gasteiger charge is 2.07. The van der Waals surface area contributed by atoms with Gasteiger partial charge >= 0.3 is 0 Å². The van der Waals surface area contributed by atoms with E-state index in [1.807, 2.05) is 6.92 Å². The lowest BCUT2D eigenvalue weighted by Gasteiger charge is -2.13. The molecule has 4 nitrogen and oxygen atoms in total. The largest absolute Gasteiger partial charge is 0.395 e. The maximum atomic E-state index is 11.3. The third-order valence-electron chi connectivity index (χ3n) is 2.66. The monoisotopic (exact) mass is 257 g/mol. The zero-order chi connectivity index (χ0) is 12.9. The summed E-state index contributed by atoms with van der Waals surface area (Å²) in [6.45, 7) is 2.74. The average molecular weight is 257 g/mol. The molecule has 96 valence electrons. The van der Waals surface area contributed by atoms with Crippen molar-refractivity contribution in [3.63, 3.8) is 0 Å². The van der Waals surface area contributed by atoms with Crippen LogP contribution < -0.4 is 5.32 Å². The van der Waals surface area contributed by atoms with Gasteiger partial charge in [-0.05, 0) is 24.1 Å². The van der Waals surface area contributed by atoms with Crippen molar-refractivity contribution in [2.24, 2.45) is 0 Å². The zero-order valence-electron chi connectivity index (χ0n) is 10.2. The van der Waals surface area contributed by atoms with Gasteiger partial charge in [0.15, 0.2) is 9.84 Å². The molecule has 0 heterocycles. The van der Waals surface area contributed by atoms with Crippen molar-refractivity contribution in [2.75, 3.05) is 12.9 Å². The third kappa shape index (κ3) is 4.46. The highest BCUT2D eigenvalue weighted by molar-refractivity contribution is 7.90. The van der Waals surface area contributed by atoms with Gasteiger partial charge in [0.2, 0.25) is 0 Å². The first kappa shape index (κ1) is 14.2. The summed E-state index contributed by atoms with van der Waals surface area (Å²) in [5.41, 5.74) is 1.00. The molecule has 5 heteroatoms. The Labute approximate surface area is 103 Å². The van der Waals surface area contributed by atoms with Crippen LogP contribution in [0.4, 0.5) is 0 Å². The minimum atomic E-state index is -3.12. The van der Waals surface area contributed by atoms with Crippen molar-refractivity contribution in [2.45, 2.75) is 30.8 Å².